The molecule has 0 unspecified atom stereocenters. The first kappa shape index (κ1) is 35.5. The van der Waals surface area contributed by atoms with Gasteiger partial charge in [-0.2, -0.15) is 8.42 Å². The Morgan fingerprint density at radius 2 is 1.80 bits per heavy atom. The van der Waals surface area contributed by atoms with Gasteiger partial charge in [-0.15, -0.1) is 0 Å². The third-order valence-corrected chi connectivity index (χ3v) is 12.9. The Morgan fingerprint density at radius 1 is 1.09 bits per heavy atom. The second-order valence-corrected chi connectivity index (χ2v) is 15.8. The number of fused-ring (bicyclic) bond motifs is 5. The second kappa shape index (κ2) is 13.2. The monoisotopic (exact) mass is 675 g/mol. The van der Waals surface area contributed by atoms with Crippen LogP contribution in [0.1, 0.15) is 78.6 Å². The molecule has 46 heavy (non-hydrogen) atoms. The topological polar surface area (TPSA) is 229 Å². The fourth-order valence-corrected chi connectivity index (χ4v) is 10.7. The first-order chi connectivity index (χ1) is 21.5. The fourth-order valence-electron chi connectivity index (χ4n) is 10.2. The summed E-state index contributed by atoms with van der Waals surface area (Å²) in [6.07, 6.45) is -1.22. The smallest absolute Gasteiger partial charge is 0.405 e. The van der Waals surface area contributed by atoms with E-state index in [-0.39, 0.29) is 47.3 Å². The predicted octanol–water partition coefficient (Wildman–Crippen LogP) is 2.32. The lowest BCUT2D eigenvalue weighted by atomic mass is 9.46. The van der Waals surface area contributed by atoms with Crippen molar-refractivity contribution < 1.29 is 61.7 Å². The first-order valence-electron chi connectivity index (χ1n) is 16.3. The molecule has 14 atom stereocenters. The number of aliphatic carboxylic acids is 1. The zero-order chi connectivity index (χ0) is 33.8. The number of hydrogen-bond donors (Lipinski definition) is 7. The Bertz CT molecular complexity index is 1290. The van der Waals surface area contributed by atoms with Crippen molar-refractivity contribution in [3.8, 4) is 0 Å². The second-order valence-electron chi connectivity index (χ2n) is 14.7. The summed E-state index contributed by atoms with van der Waals surface area (Å²) in [6, 6.07) is -1.37. The van der Waals surface area contributed by atoms with Crippen molar-refractivity contribution in [2.24, 2.45) is 40.4 Å². The highest BCUT2D eigenvalue weighted by Gasteiger charge is 2.62. The number of hydrogen-bond acceptors (Lipinski definition) is 10. The summed E-state index contributed by atoms with van der Waals surface area (Å²) >= 11 is 0. The van der Waals surface area contributed by atoms with Crippen LogP contribution in [0.25, 0.3) is 0 Å². The number of amides is 1. The van der Waals surface area contributed by atoms with Gasteiger partial charge in [0.05, 0.1) is 18.8 Å². The number of rotatable bonds is 10. The molecule has 5 rings (SSSR count). The molecule has 14 nitrogen and oxygen atoms in total. The summed E-state index contributed by atoms with van der Waals surface area (Å²) in [4.78, 5) is 23.1. The van der Waals surface area contributed by atoms with Crippen molar-refractivity contribution >= 4 is 22.5 Å². The van der Waals surface area contributed by atoms with Crippen LogP contribution in [0.5, 0.6) is 0 Å². The van der Waals surface area contributed by atoms with Gasteiger partial charge in [-0.05, 0) is 91.8 Å². The molecule has 4 fully saturated rings. The Hall–Kier alpha value is -1.85. The van der Waals surface area contributed by atoms with Gasteiger partial charge in [0.15, 0.2) is 6.29 Å². The van der Waals surface area contributed by atoms with E-state index in [1.165, 1.54) is 0 Å². The zero-order valence-electron chi connectivity index (χ0n) is 26.5. The van der Waals surface area contributed by atoms with Crippen molar-refractivity contribution in [1.82, 2.24) is 5.32 Å². The molecule has 0 aromatic carbocycles. The van der Waals surface area contributed by atoms with Crippen LogP contribution < -0.4 is 5.32 Å². The lowest BCUT2D eigenvalue weighted by Crippen LogP contribution is -2.66. The normalized spacial score (nSPS) is 44.7. The Balaban J connectivity index is 1.52. The van der Waals surface area contributed by atoms with E-state index in [9.17, 15) is 48.1 Å². The molecule has 0 radical (unpaired) electrons. The predicted molar refractivity (Wildman–Crippen MR) is 161 cm³/mol. The van der Waals surface area contributed by atoms with E-state index >= 15 is 0 Å². The Morgan fingerprint density at radius 3 is 2.43 bits per heavy atom. The number of carboxylic acids is 1. The van der Waals surface area contributed by atoms with Crippen molar-refractivity contribution in [3.63, 3.8) is 0 Å². The van der Waals surface area contributed by atoms with Crippen molar-refractivity contribution in [1.29, 1.82) is 0 Å². The molecule has 15 heteroatoms. The fraction of sp³-hybridized carbons (Fsp3) is 0.871. The molecule has 0 spiro atoms. The van der Waals surface area contributed by atoms with Gasteiger partial charge >= 0.3 is 22.5 Å². The molecule has 4 aliphatic carbocycles. The van der Waals surface area contributed by atoms with Crippen LogP contribution in [0, 0.1) is 40.4 Å². The highest BCUT2D eigenvalue weighted by molar-refractivity contribution is 7.80. The van der Waals surface area contributed by atoms with E-state index in [4.69, 9.17) is 13.7 Å². The van der Waals surface area contributed by atoms with Gasteiger partial charge in [0, 0.05) is 6.42 Å². The van der Waals surface area contributed by atoms with E-state index in [1.807, 2.05) is 6.08 Å². The van der Waals surface area contributed by atoms with E-state index in [0.717, 1.165) is 31.3 Å². The number of carboxylic acid groups (broad SMARTS) is 2. The Labute approximate surface area is 269 Å². The molecule has 262 valence electrons. The Kier molecular flexibility index (Phi) is 10.2. The summed E-state index contributed by atoms with van der Waals surface area (Å²) in [5, 5.41) is 52.3. The van der Waals surface area contributed by atoms with Crippen molar-refractivity contribution in [3.05, 3.63) is 11.6 Å². The number of ether oxygens (including phenoxy) is 2. The largest absolute Gasteiger partial charge is 0.481 e. The third kappa shape index (κ3) is 6.71. The first-order valence-corrected chi connectivity index (χ1v) is 17.7. The van der Waals surface area contributed by atoms with Crippen LogP contribution in [-0.2, 0) is 28.9 Å². The van der Waals surface area contributed by atoms with Gasteiger partial charge in [0.25, 0.3) is 0 Å². The van der Waals surface area contributed by atoms with Gasteiger partial charge in [0.2, 0.25) is 0 Å². The molecule has 1 saturated heterocycles. The summed E-state index contributed by atoms with van der Waals surface area (Å²) in [5.74, 6) is -0.163. The molecule has 1 heterocycles. The highest BCUT2D eigenvalue weighted by Crippen LogP contribution is 2.68. The number of aliphatic hydroxyl groups excluding tert-OH is 3. The average Bonchev–Trinajstić information content (AvgIpc) is 3.32. The van der Waals surface area contributed by atoms with Crippen LogP contribution in [0.15, 0.2) is 11.6 Å². The lowest BCUT2D eigenvalue weighted by molar-refractivity contribution is -0.288. The minimum absolute atomic E-state index is 0.0751. The molecule has 0 bridgehead atoms. The van der Waals surface area contributed by atoms with Crippen LogP contribution in [-0.4, -0.2) is 100 Å². The lowest BCUT2D eigenvalue weighted by Gasteiger charge is -2.60. The van der Waals surface area contributed by atoms with Crippen LogP contribution >= 0.6 is 0 Å². The molecule has 0 aromatic rings. The van der Waals surface area contributed by atoms with Crippen molar-refractivity contribution in [2.75, 3.05) is 6.61 Å². The number of nitrogens with one attached hydrogen (secondary N) is 1. The number of aliphatic hydroxyl groups is 3. The third-order valence-electron chi connectivity index (χ3n) is 12.4. The van der Waals surface area contributed by atoms with Gasteiger partial charge in [-0.3, -0.25) is 9.35 Å². The maximum Gasteiger partial charge on any atom is 0.405 e. The summed E-state index contributed by atoms with van der Waals surface area (Å²) < 4.78 is 50.1. The molecule has 7 N–H and O–H groups in total. The molecule has 3 saturated carbocycles. The van der Waals surface area contributed by atoms with E-state index in [1.54, 1.807) is 0 Å². The summed E-state index contributed by atoms with van der Waals surface area (Å²) in [6.45, 7) is 5.94. The van der Waals surface area contributed by atoms with Gasteiger partial charge < -0.3 is 40.3 Å². The minimum atomic E-state index is -4.68. The molecule has 1 aliphatic heterocycles. The summed E-state index contributed by atoms with van der Waals surface area (Å²) in [5.41, 5.74) is 0.459. The van der Waals surface area contributed by atoms with Crippen LogP contribution in [0.4, 0.5) is 4.79 Å². The quantitative estimate of drug-likeness (QED) is 0.130. The maximum atomic E-state index is 11.7. The number of carbonyl (C=O) groups is 2. The SMILES string of the molecule is C[C@H](CCC(=O)O)[C@H]1CC[C@H]2[C@@H]3[C@@H](O[C@@H]4O[C@H](CO)[C@@H](O)[C@H](O)[C@H]4NC(=O)O)C=C4C[C@@H](OS(=O)(=O)O)CC[C@]4(C)[C@H]3CC[C@]12C. The van der Waals surface area contributed by atoms with Crippen LogP contribution in [0.3, 0.4) is 0 Å². The van der Waals surface area contributed by atoms with Gasteiger partial charge in [-0.25, -0.2) is 8.98 Å². The van der Waals surface area contributed by atoms with Gasteiger partial charge in [0.1, 0.15) is 24.4 Å². The highest BCUT2D eigenvalue weighted by atomic mass is 32.3. The summed E-state index contributed by atoms with van der Waals surface area (Å²) in [7, 11) is -4.68. The molecule has 0 aromatic heterocycles. The minimum Gasteiger partial charge on any atom is -0.481 e. The molecular weight excluding hydrogens is 626 g/mol. The standard InChI is InChI=1S/C31H49NO13S/c1-15(4-7-23(34)35)18-5-6-19-24-20(9-11-31(18,19)3)30(2)10-8-17(45-46(40,41)42)12-16(30)13-21(24)43-28-25(32-29(38)39)27(37)26(36)22(14-33)44-28/h13,15,17-22,24-28,32-33,36-37H,4-12,14H2,1-3H3,(H,34,35)(H,38,39)(H,40,41,42)/t15-,17+,18-,19+,20+,21+,22-,24+,25-,26-,27-,28-,30+,31-/m1/s1. The van der Waals surface area contributed by atoms with E-state index < -0.39 is 71.9 Å². The van der Waals surface area contributed by atoms with E-state index in [2.05, 4.69) is 26.1 Å². The molecule has 5 aliphatic rings. The van der Waals surface area contributed by atoms with Crippen molar-refractivity contribution in [2.45, 2.75) is 121 Å². The molecular formula is C31H49NO13S. The maximum absolute atomic E-state index is 11.7. The van der Waals surface area contributed by atoms with Gasteiger partial charge in [-0.1, -0.05) is 32.4 Å². The molecule has 1 amide bonds. The zero-order valence-corrected chi connectivity index (χ0v) is 27.3. The van der Waals surface area contributed by atoms with E-state index in [0.29, 0.717) is 25.2 Å². The average molecular weight is 676 g/mol. The van der Waals surface area contributed by atoms with Crippen LogP contribution in [0.2, 0.25) is 0 Å².